The largest absolute Gasteiger partial charge is 0.330 e. The van der Waals surface area contributed by atoms with Gasteiger partial charge in [0, 0.05) is 5.56 Å². The summed E-state index contributed by atoms with van der Waals surface area (Å²) in [5.41, 5.74) is 2.05. The monoisotopic (exact) mass is 378 g/mol. The molecule has 0 saturated carbocycles. The van der Waals surface area contributed by atoms with Crippen molar-refractivity contribution < 1.29 is 19.3 Å². The zero-order valence-electron chi connectivity index (χ0n) is 15.9. The highest BCUT2D eigenvalue weighted by atomic mass is 16.2. The molecule has 144 valence electrons. The van der Waals surface area contributed by atoms with Crippen LogP contribution in [-0.2, 0) is 11.3 Å². The van der Waals surface area contributed by atoms with Crippen LogP contribution >= 0.6 is 0 Å². The lowest BCUT2D eigenvalue weighted by molar-refractivity contribution is -0.917. The van der Waals surface area contributed by atoms with E-state index in [2.05, 4.69) is 12.1 Å². The predicted octanol–water partition coefficient (Wildman–Crippen LogP) is 0.598. The highest BCUT2D eigenvalue weighted by Crippen LogP contribution is 2.25. The SMILES string of the molecule is C[C@H](C(=O)N1CC[NH+](Cc2ccccc2)CC1)N1C(=O)c2ccccc2C1=O. The molecule has 2 aromatic rings. The van der Waals surface area contributed by atoms with Crippen molar-refractivity contribution in [3.05, 3.63) is 71.3 Å². The minimum atomic E-state index is -0.789. The van der Waals surface area contributed by atoms with Gasteiger partial charge in [-0.1, -0.05) is 42.5 Å². The van der Waals surface area contributed by atoms with Crippen LogP contribution in [-0.4, -0.2) is 59.7 Å². The van der Waals surface area contributed by atoms with Gasteiger partial charge in [0.05, 0.1) is 37.3 Å². The van der Waals surface area contributed by atoms with Crippen LogP contribution in [0.15, 0.2) is 54.6 Å². The molecule has 1 N–H and O–H groups in total. The van der Waals surface area contributed by atoms with Gasteiger partial charge in [-0.15, -0.1) is 0 Å². The normalized spacial score (nSPS) is 18.3. The summed E-state index contributed by atoms with van der Waals surface area (Å²) in [5, 5.41) is 0. The van der Waals surface area contributed by atoms with Gasteiger partial charge in [-0.25, -0.2) is 0 Å². The number of hydrogen-bond donors (Lipinski definition) is 1. The molecule has 3 amide bonds. The van der Waals surface area contributed by atoms with E-state index in [4.69, 9.17) is 0 Å². The second-order valence-electron chi connectivity index (χ2n) is 7.44. The lowest BCUT2D eigenvalue weighted by atomic mass is 10.1. The van der Waals surface area contributed by atoms with E-state index in [1.54, 1.807) is 36.1 Å². The first kappa shape index (κ1) is 18.4. The van der Waals surface area contributed by atoms with Gasteiger partial charge in [0.15, 0.2) is 0 Å². The molecule has 2 aliphatic heterocycles. The maximum Gasteiger partial charge on any atom is 0.262 e. The Kier molecular flexibility index (Phi) is 4.96. The number of carbonyl (C=O) groups excluding carboxylic acids is 3. The Morgan fingerprint density at radius 2 is 1.46 bits per heavy atom. The molecule has 4 rings (SSSR count). The zero-order valence-corrected chi connectivity index (χ0v) is 15.9. The zero-order chi connectivity index (χ0) is 19.7. The van der Waals surface area contributed by atoms with E-state index in [1.807, 2.05) is 18.2 Å². The number of benzene rings is 2. The molecule has 2 heterocycles. The van der Waals surface area contributed by atoms with Crippen molar-refractivity contribution >= 4 is 17.7 Å². The van der Waals surface area contributed by atoms with Crippen molar-refractivity contribution in [3.8, 4) is 0 Å². The number of piperazine rings is 1. The Bertz CT molecular complexity index is 869. The second-order valence-corrected chi connectivity index (χ2v) is 7.44. The van der Waals surface area contributed by atoms with Crippen LogP contribution in [0.4, 0.5) is 0 Å². The number of nitrogens with zero attached hydrogens (tertiary/aromatic N) is 2. The molecule has 0 unspecified atom stereocenters. The Morgan fingerprint density at radius 3 is 2.04 bits per heavy atom. The van der Waals surface area contributed by atoms with Crippen molar-refractivity contribution in [2.75, 3.05) is 26.2 Å². The van der Waals surface area contributed by atoms with Crippen LogP contribution < -0.4 is 4.90 Å². The Hall–Kier alpha value is -2.99. The van der Waals surface area contributed by atoms with Crippen LogP contribution in [0.5, 0.6) is 0 Å². The molecule has 2 aliphatic rings. The molecule has 6 nitrogen and oxygen atoms in total. The average molecular weight is 378 g/mol. The van der Waals surface area contributed by atoms with Gasteiger partial charge in [-0.3, -0.25) is 19.3 Å². The second kappa shape index (κ2) is 7.56. The van der Waals surface area contributed by atoms with E-state index in [0.29, 0.717) is 24.2 Å². The maximum atomic E-state index is 13.0. The molecule has 0 spiro atoms. The van der Waals surface area contributed by atoms with Crippen LogP contribution in [0.25, 0.3) is 0 Å². The predicted molar refractivity (Wildman–Crippen MR) is 104 cm³/mol. The Balaban J connectivity index is 1.38. The number of carbonyl (C=O) groups is 3. The number of nitrogens with one attached hydrogen (secondary N) is 1. The molecule has 2 aromatic carbocycles. The molecule has 1 atom stereocenters. The van der Waals surface area contributed by atoms with Crippen molar-refractivity contribution in [2.45, 2.75) is 19.5 Å². The molecular weight excluding hydrogens is 354 g/mol. The lowest BCUT2D eigenvalue weighted by Crippen LogP contribution is -3.13. The smallest absolute Gasteiger partial charge is 0.262 e. The van der Waals surface area contributed by atoms with E-state index in [1.165, 1.54) is 10.5 Å². The summed E-state index contributed by atoms with van der Waals surface area (Å²) in [5.74, 6) is -0.919. The first-order valence-corrected chi connectivity index (χ1v) is 9.69. The highest BCUT2D eigenvalue weighted by molar-refractivity contribution is 6.22. The minimum Gasteiger partial charge on any atom is -0.330 e. The van der Waals surface area contributed by atoms with E-state index in [-0.39, 0.29) is 17.7 Å². The van der Waals surface area contributed by atoms with Gasteiger partial charge in [0.25, 0.3) is 11.8 Å². The molecule has 1 saturated heterocycles. The van der Waals surface area contributed by atoms with Crippen molar-refractivity contribution in [2.24, 2.45) is 0 Å². The number of hydrogen-bond acceptors (Lipinski definition) is 3. The third-order valence-electron chi connectivity index (χ3n) is 5.65. The molecule has 28 heavy (non-hydrogen) atoms. The molecular formula is C22H24N3O3+. The van der Waals surface area contributed by atoms with E-state index < -0.39 is 6.04 Å². The van der Waals surface area contributed by atoms with Crippen LogP contribution in [0.3, 0.4) is 0 Å². The van der Waals surface area contributed by atoms with Crippen LogP contribution in [0, 0.1) is 0 Å². The lowest BCUT2D eigenvalue weighted by Gasteiger charge is -2.35. The summed E-state index contributed by atoms with van der Waals surface area (Å²) in [6.07, 6.45) is 0. The third-order valence-corrected chi connectivity index (χ3v) is 5.65. The van der Waals surface area contributed by atoms with E-state index in [0.717, 1.165) is 24.5 Å². The summed E-state index contributed by atoms with van der Waals surface area (Å²) in [6.45, 7) is 5.57. The number of imide groups is 1. The van der Waals surface area contributed by atoms with Crippen molar-refractivity contribution in [1.29, 1.82) is 0 Å². The Morgan fingerprint density at radius 1 is 0.929 bits per heavy atom. The van der Waals surface area contributed by atoms with Gasteiger partial charge in [-0.2, -0.15) is 0 Å². The summed E-state index contributed by atoms with van der Waals surface area (Å²) in [7, 11) is 0. The average Bonchev–Trinajstić information content (AvgIpc) is 2.99. The standard InChI is InChI=1S/C22H23N3O3/c1-16(25-21(27)18-9-5-6-10-19(18)22(25)28)20(26)24-13-11-23(12-14-24)15-17-7-3-2-4-8-17/h2-10,16H,11-15H2,1H3/p+1/t16-/m1/s1. The minimum absolute atomic E-state index is 0.159. The number of amides is 3. The van der Waals surface area contributed by atoms with E-state index in [9.17, 15) is 14.4 Å². The first-order valence-electron chi connectivity index (χ1n) is 9.69. The molecule has 1 fully saturated rings. The van der Waals surface area contributed by atoms with Crippen LogP contribution in [0.2, 0.25) is 0 Å². The first-order chi connectivity index (χ1) is 13.6. The topological polar surface area (TPSA) is 62.1 Å². The van der Waals surface area contributed by atoms with E-state index >= 15 is 0 Å². The fourth-order valence-corrected chi connectivity index (χ4v) is 4.04. The van der Waals surface area contributed by atoms with Crippen molar-refractivity contribution in [3.63, 3.8) is 0 Å². The van der Waals surface area contributed by atoms with Gasteiger partial charge in [0.1, 0.15) is 12.6 Å². The molecule has 0 aromatic heterocycles. The fraction of sp³-hybridized carbons (Fsp3) is 0.318. The van der Waals surface area contributed by atoms with Crippen LogP contribution in [0.1, 0.15) is 33.2 Å². The van der Waals surface area contributed by atoms with Gasteiger partial charge in [-0.05, 0) is 19.1 Å². The quantitative estimate of drug-likeness (QED) is 0.793. The fourth-order valence-electron chi connectivity index (χ4n) is 4.04. The molecule has 0 radical (unpaired) electrons. The van der Waals surface area contributed by atoms with Gasteiger partial charge in [0.2, 0.25) is 5.91 Å². The van der Waals surface area contributed by atoms with Gasteiger partial charge >= 0.3 is 0 Å². The number of fused-ring (bicyclic) bond motifs is 1. The Labute approximate surface area is 164 Å². The molecule has 6 heteroatoms. The third kappa shape index (κ3) is 3.31. The summed E-state index contributed by atoms with van der Waals surface area (Å²) in [4.78, 5) is 42.5. The molecule has 0 aliphatic carbocycles. The van der Waals surface area contributed by atoms with Gasteiger partial charge < -0.3 is 9.80 Å². The maximum absolute atomic E-state index is 13.0. The highest BCUT2D eigenvalue weighted by Gasteiger charge is 2.42. The summed E-state index contributed by atoms with van der Waals surface area (Å²) in [6, 6.07) is 16.3. The summed E-state index contributed by atoms with van der Waals surface area (Å²) >= 11 is 0. The number of rotatable bonds is 4. The number of quaternary nitrogens is 1. The summed E-state index contributed by atoms with van der Waals surface area (Å²) < 4.78 is 0. The van der Waals surface area contributed by atoms with Crippen molar-refractivity contribution in [1.82, 2.24) is 9.80 Å². The molecule has 0 bridgehead atoms.